The van der Waals surface area contributed by atoms with Crippen molar-refractivity contribution in [2.75, 3.05) is 31.1 Å². The number of nitrogens with zero attached hydrogens (tertiary/aromatic N) is 2. The van der Waals surface area contributed by atoms with Gasteiger partial charge < -0.3 is 10.2 Å². The van der Waals surface area contributed by atoms with E-state index in [9.17, 15) is 17.6 Å². The van der Waals surface area contributed by atoms with Gasteiger partial charge in [-0.1, -0.05) is 6.07 Å². The van der Waals surface area contributed by atoms with Crippen molar-refractivity contribution in [3.8, 4) is 0 Å². The smallest absolute Gasteiger partial charge is 0.251 e. The lowest BCUT2D eigenvalue weighted by atomic mass is 10.1. The second-order valence-electron chi connectivity index (χ2n) is 7.99. The molecule has 6 nitrogen and oxygen atoms in total. The minimum absolute atomic E-state index is 0.0947. The molecule has 1 amide bonds. The first kappa shape index (κ1) is 20.8. The van der Waals surface area contributed by atoms with Crippen molar-refractivity contribution < 1.29 is 17.6 Å². The maximum absolute atomic E-state index is 13.1. The van der Waals surface area contributed by atoms with Gasteiger partial charge in [0.2, 0.25) is 10.0 Å². The zero-order valence-corrected chi connectivity index (χ0v) is 17.7. The van der Waals surface area contributed by atoms with Crippen LogP contribution in [0.15, 0.2) is 53.4 Å². The number of halogens is 1. The number of carbonyl (C=O) groups is 1. The maximum Gasteiger partial charge on any atom is 0.251 e. The largest absolute Gasteiger partial charge is 0.369 e. The molecule has 0 bridgehead atoms. The Balaban J connectivity index is 1.43. The van der Waals surface area contributed by atoms with Crippen LogP contribution in [0.1, 0.15) is 30.1 Å². The van der Waals surface area contributed by atoms with Gasteiger partial charge in [0, 0.05) is 43.5 Å². The fourth-order valence-corrected chi connectivity index (χ4v) is 5.26. The van der Waals surface area contributed by atoms with E-state index in [1.54, 1.807) is 24.3 Å². The van der Waals surface area contributed by atoms with Crippen molar-refractivity contribution in [3.05, 3.63) is 59.9 Å². The van der Waals surface area contributed by atoms with E-state index >= 15 is 0 Å². The summed E-state index contributed by atoms with van der Waals surface area (Å²) in [5.41, 5.74) is 1.23. The molecular formula is C22H26FN3O3S. The van der Waals surface area contributed by atoms with Gasteiger partial charge in [-0.05, 0) is 68.1 Å². The average molecular weight is 432 g/mol. The van der Waals surface area contributed by atoms with Crippen LogP contribution in [0.5, 0.6) is 0 Å². The van der Waals surface area contributed by atoms with Gasteiger partial charge in [0.05, 0.1) is 4.90 Å². The lowest BCUT2D eigenvalue weighted by molar-refractivity contribution is 0.0935. The topological polar surface area (TPSA) is 69.7 Å². The Labute approximate surface area is 176 Å². The molecule has 160 valence electrons. The molecule has 2 aliphatic rings. The SMILES string of the molecule is C[C@@H](NC(=O)c1cccc(S(=O)(=O)N2CCN(c3ccc(F)cc3)CC2)c1)C1CC1. The molecule has 1 aliphatic carbocycles. The van der Waals surface area contributed by atoms with Gasteiger partial charge in [-0.3, -0.25) is 4.79 Å². The summed E-state index contributed by atoms with van der Waals surface area (Å²) in [6.07, 6.45) is 2.25. The zero-order chi connectivity index (χ0) is 21.3. The molecule has 1 heterocycles. The molecule has 0 unspecified atom stereocenters. The highest BCUT2D eigenvalue weighted by Gasteiger charge is 2.31. The van der Waals surface area contributed by atoms with Crippen LogP contribution in [0.3, 0.4) is 0 Å². The lowest BCUT2D eigenvalue weighted by Crippen LogP contribution is -2.48. The van der Waals surface area contributed by atoms with Crippen LogP contribution in [-0.2, 0) is 10.0 Å². The summed E-state index contributed by atoms with van der Waals surface area (Å²) in [4.78, 5) is 14.7. The van der Waals surface area contributed by atoms with E-state index in [0.717, 1.165) is 18.5 Å². The first-order valence-electron chi connectivity index (χ1n) is 10.3. The number of carbonyl (C=O) groups excluding carboxylic acids is 1. The Bertz CT molecular complexity index is 1010. The fraction of sp³-hybridized carbons (Fsp3) is 0.409. The molecule has 4 rings (SSSR count). The minimum atomic E-state index is -3.70. The summed E-state index contributed by atoms with van der Waals surface area (Å²) in [5.74, 6) is -0.0127. The highest BCUT2D eigenvalue weighted by Crippen LogP contribution is 2.32. The van der Waals surface area contributed by atoms with E-state index < -0.39 is 10.0 Å². The molecule has 1 saturated carbocycles. The number of sulfonamides is 1. The fourth-order valence-electron chi connectivity index (χ4n) is 3.79. The van der Waals surface area contributed by atoms with Crippen molar-refractivity contribution in [2.24, 2.45) is 5.92 Å². The maximum atomic E-state index is 13.1. The second-order valence-corrected chi connectivity index (χ2v) is 9.93. The van der Waals surface area contributed by atoms with Crippen LogP contribution in [-0.4, -0.2) is 50.9 Å². The Morgan fingerprint density at radius 3 is 2.37 bits per heavy atom. The Morgan fingerprint density at radius 2 is 1.73 bits per heavy atom. The van der Waals surface area contributed by atoms with E-state index in [1.165, 1.54) is 28.6 Å². The average Bonchev–Trinajstić information content (AvgIpc) is 3.60. The van der Waals surface area contributed by atoms with Gasteiger partial charge >= 0.3 is 0 Å². The lowest BCUT2D eigenvalue weighted by Gasteiger charge is -2.35. The van der Waals surface area contributed by atoms with Crippen molar-refractivity contribution in [1.29, 1.82) is 0 Å². The number of benzene rings is 2. The molecule has 2 fully saturated rings. The van der Waals surface area contributed by atoms with Gasteiger partial charge in [0.1, 0.15) is 5.82 Å². The summed E-state index contributed by atoms with van der Waals surface area (Å²) in [6, 6.07) is 12.5. The highest BCUT2D eigenvalue weighted by atomic mass is 32.2. The third kappa shape index (κ3) is 4.49. The molecule has 0 radical (unpaired) electrons. The molecule has 0 aromatic heterocycles. The van der Waals surface area contributed by atoms with Gasteiger partial charge in [0.15, 0.2) is 0 Å². The number of hydrogen-bond donors (Lipinski definition) is 1. The van der Waals surface area contributed by atoms with Crippen molar-refractivity contribution in [1.82, 2.24) is 9.62 Å². The Hall–Kier alpha value is -2.45. The highest BCUT2D eigenvalue weighted by molar-refractivity contribution is 7.89. The Morgan fingerprint density at radius 1 is 1.07 bits per heavy atom. The van der Waals surface area contributed by atoms with Crippen LogP contribution in [0.4, 0.5) is 10.1 Å². The number of rotatable bonds is 6. The van der Waals surface area contributed by atoms with Gasteiger partial charge in [-0.15, -0.1) is 0 Å². The molecule has 30 heavy (non-hydrogen) atoms. The monoisotopic (exact) mass is 431 g/mol. The summed E-state index contributed by atoms with van der Waals surface area (Å²) in [7, 11) is -3.70. The molecule has 8 heteroatoms. The van der Waals surface area contributed by atoms with Crippen LogP contribution in [0, 0.1) is 11.7 Å². The normalized spacial score (nSPS) is 18.8. The molecule has 1 aliphatic heterocycles. The zero-order valence-electron chi connectivity index (χ0n) is 16.9. The van der Waals surface area contributed by atoms with Crippen LogP contribution in [0.2, 0.25) is 0 Å². The third-order valence-electron chi connectivity index (χ3n) is 5.85. The summed E-state index contributed by atoms with van der Waals surface area (Å²) >= 11 is 0. The minimum Gasteiger partial charge on any atom is -0.369 e. The predicted molar refractivity (Wildman–Crippen MR) is 113 cm³/mol. The van der Waals surface area contributed by atoms with Gasteiger partial charge in [-0.2, -0.15) is 4.31 Å². The van der Waals surface area contributed by atoms with E-state index in [1.807, 2.05) is 11.8 Å². The molecule has 2 aromatic carbocycles. The van der Waals surface area contributed by atoms with E-state index in [2.05, 4.69) is 5.32 Å². The second kappa shape index (κ2) is 8.35. The predicted octanol–water partition coefficient (Wildman–Crippen LogP) is 2.86. The number of anilines is 1. The standard InChI is InChI=1S/C22H26FN3O3S/c1-16(17-5-6-17)24-22(27)18-3-2-4-21(15-18)30(28,29)26-13-11-25(12-14-26)20-9-7-19(23)8-10-20/h2-4,7-10,15-17H,5-6,11-14H2,1H3,(H,24,27)/t16-/m1/s1. The summed E-state index contributed by atoms with van der Waals surface area (Å²) in [5, 5.41) is 2.96. The Kier molecular flexibility index (Phi) is 5.79. The van der Waals surface area contributed by atoms with Crippen molar-refractivity contribution in [2.45, 2.75) is 30.7 Å². The van der Waals surface area contributed by atoms with E-state index in [0.29, 0.717) is 37.7 Å². The van der Waals surface area contributed by atoms with Gasteiger partial charge in [0.25, 0.3) is 5.91 Å². The van der Waals surface area contributed by atoms with Crippen LogP contribution >= 0.6 is 0 Å². The first-order valence-corrected chi connectivity index (χ1v) is 11.7. The quantitative estimate of drug-likeness (QED) is 0.764. The molecule has 1 N–H and O–H groups in total. The summed E-state index contributed by atoms with van der Waals surface area (Å²) in [6.45, 7) is 3.67. The number of nitrogens with one attached hydrogen (secondary N) is 1. The molecule has 0 spiro atoms. The van der Waals surface area contributed by atoms with Crippen molar-refractivity contribution >= 4 is 21.6 Å². The third-order valence-corrected chi connectivity index (χ3v) is 7.75. The number of amides is 1. The number of piperazine rings is 1. The first-order chi connectivity index (χ1) is 14.3. The van der Waals surface area contributed by atoms with Gasteiger partial charge in [-0.25, -0.2) is 12.8 Å². The van der Waals surface area contributed by atoms with Crippen LogP contribution < -0.4 is 10.2 Å². The molecular weight excluding hydrogens is 405 g/mol. The molecule has 1 saturated heterocycles. The van der Waals surface area contributed by atoms with E-state index in [4.69, 9.17) is 0 Å². The number of hydrogen-bond acceptors (Lipinski definition) is 4. The summed E-state index contributed by atoms with van der Waals surface area (Å²) < 4.78 is 40.8. The molecule has 1 atom stereocenters. The van der Waals surface area contributed by atoms with Crippen LogP contribution in [0.25, 0.3) is 0 Å². The molecule has 2 aromatic rings. The van der Waals surface area contributed by atoms with E-state index in [-0.39, 0.29) is 22.7 Å². The van der Waals surface area contributed by atoms with Crippen molar-refractivity contribution in [3.63, 3.8) is 0 Å².